The Morgan fingerprint density at radius 3 is 2.64 bits per heavy atom. The molecule has 2 N–H and O–H groups in total. The van der Waals surface area contributed by atoms with Crippen LogP contribution < -0.4 is 5.73 Å². The first-order valence-corrected chi connectivity index (χ1v) is 5.60. The van der Waals surface area contributed by atoms with Gasteiger partial charge < -0.3 is 14.6 Å². The maximum absolute atomic E-state index is 5.47. The zero-order valence-corrected chi connectivity index (χ0v) is 8.43. The Morgan fingerprint density at radius 2 is 2.18 bits per heavy atom. The number of nitrogens with two attached hydrogens (primary N) is 1. The molecule has 0 rings (SSSR count). The molecule has 0 aliphatic heterocycles. The lowest BCUT2D eigenvalue weighted by Gasteiger charge is -2.10. The molecule has 0 aromatic carbocycles. The van der Waals surface area contributed by atoms with Crippen molar-refractivity contribution in [3.63, 3.8) is 0 Å². The van der Waals surface area contributed by atoms with Gasteiger partial charge in [0.15, 0.2) is 0 Å². The summed E-state index contributed by atoms with van der Waals surface area (Å²) in [5.41, 5.74) is 5.37. The van der Waals surface area contributed by atoms with Gasteiger partial charge in [0.05, 0.1) is 0 Å². The van der Waals surface area contributed by atoms with E-state index in [1.165, 1.54) is 0 Å². The molecule has 0 spiro atoms. The standard InChI is InChI=1S/C7H18NO2Si/c1-3-6-10-11(9-2)7-4-5-8/h3-8H2,1-2H3. The van der Waals surface area contributed by atoms with Crippen LogP contribution in [0.1, 0.15) is 19.8 Å². The van der Waals surface area contributed by atoms with Crippen molar-refractivity contribution in [2.45, 2.75) is 25.8 Å². The predicted molar refractivity (Wildman–Crippen MR) is 47.5 cm³/mol. The second-order valence-electron chi connectivity index (χ2n) is 2.32. The second kappa shape index (κ2) is 8.20. The van der Waals surface area contributed by atoms with E-state index in [1.807, 2.05) is 0 Å². The van der Waals surface area contributed by atoms with E-state index < -0.39 is 9.28 Å². The van der Waals surface area contributed by atoms with Gasteiger partial charge in [0.1, 0.15) is 0 Å². The summed E-state index contributed by atoms with van der Waals surface area (Å²) >= 11 is 0. The number of hydrogen-bond acceptors (Lipinski definition) is 3. The van der Waals surface area contributed by atoms with Gasteiger partial charge in [-0.15, -0.1) is 0 Å². The van der Waals surface area contributed by atoms with Crippen LogP contribution in [-0.2, 0) is 8.85 Å². The highest BCUT2D eigenvalue weighted by molar-refractivity contribution is 6.44. The first-order valence-electron chi connectivity index (χ1n) is 4.07. The van der Waals surface area contributed by atoms with Crippen LogP contribution in [0.2, 0.25) is 6.04 Å². The quantitative estimate of drug-likeness (QED) is 0.586. The second-order valence-corrected chi connectivity index (χ2v) is 4.26. The lowest BCUT2D eigenvalue weighted by molar-refractivity contribution is 0.228. The van der Waals surface area contributed by atoms with Crippen LogP contribution in [0.4, 0.5) is 0 Å². The fourth-order valence-corrected chi connectivity index (χ4v) is 2.09. The van der Waals surface area contributed by atoms with Gasteiger partial charge in [-0.05, 0) is 25.4 Å². The maximum Gasteiger partial charge on any atom is 0.384 e. The smallest absolute Gasteiger partial charge is 0.384 e. The molecule has 0 saturated heterocycles. The molecule has 1 radical (unpaired) electrons. The van der Waals surface area contributed by atoms with E-state index >= 15 is 0 Å². The van der Waals surface area contributed by atoms with Gasteiger partial charge >= 0.3 is 9.28 Å². The van der Waals surface area contributed by atoms with E-state index in [-0.39, 0.29) is 0 Å². The average molecular weight is 176 g/mol. The Morgan fingerprint density at radius 1 is 1.45 bits per heavy atom. The average Bonchev–Trinajstić information content (AvgIpc) is 2.05. The summed E-state index contributed by atoms with van der Waals surface area (Å²) in [6, 6.07) is 0.998. The molecule has 0 heterocycles. The summed E-state index contributed by atoms with van der Waals surface area (Å²) in [7, 11) is 0.720. The molecule has 0 saturated carbocycles. The molecule has 0 bridgehead atoms. The summed E-state index contributed by atoms with van der Waals surface area (Å²) in [6.45, 7) is 3.64. The van der Waals surface area contributed by atoms with Gasteiger partial charge in [-0.1, -0.05) is 6.92 Å². The van der Waals surface area contributed by atoms with Crippen molar-refractivity contribution in [1.29, 1.82) is 0 Å². The van der Waals surface area contributed by atoms with E-state index in [0.29, 0.717) is 0 Å². The molecule has 0 aliphatic rings. The Balaban J connectivity index is 3.25. The van der Waals surface area contributed by atoms with Crippen molar-refractivity contribution in [2.75, 3.05) is 20.3 Å². The van der Waals surface area contributed by atoms with Crippen LogP contribution >= 0.6 is 0 Å². The van der Waals surface area contributed by atoms with Gasteiger partial charge in [0.25, 0.3) is 0 Å². The van der Waals surface area contributed by atoms with Crippen molar-refractivity contribution >= 4 is 9.28 Å². The van der Waals surface area contributed by atoms with Crippen LogP contribution in [-0.4, -0.2) is 29.5 Å². The highest BCUT2D eigenvalue weighted by Gasteiger charge is 2.11. The minimum absolute atomic E-state index is 0.729. The molecule has 11 heavy (non-hydrogen) atoms. The molecule has 0 atom stereocenters. The molecule has 0 aromatic rings. The lowest BCUT2D eigenvalue weighted by atomic mass is 10.5. The minimum atomic E-state index is -0.989. The largest absolute Gasteiger partial charge is 0.397 e. The topological polar surface area (TPSA) is 44.5 Å². The van der Waals surface area contributed by atoms with Crippen LogP contribution in [0.15, 0.2) is 0 Å². The Hall–Kier alpha value is 0.0969. The van der Waals surface area contributed by atoms with Crippen molar-refractivity contribution in [3.8, 4) is 0 Å². The summed E-state index contributed by atoms with van der Waals surface area (Å²) in [4.78, 5) is 0. The molecular weight excluding hydrogens is 158 g/mol. The number of rotatable bonds is 7. The summed E-state index contributed by atoms with van der Waals surface area (Å²) in [5, 5.41) is 0. The third-order valence-electron chi connectivity index (χ3n) is 1.28. The molecule has 0 aromatic heterocycles. The SMILES string of the molecule is CCCO[Si](CCCN)OC. The van der Waals surface area contributed by atoms with E-state index in [1.54, 1.807) is 7.11 Å². The van der Waals surface area contributed by atoms with Gasteiger partial charge in [-0.2, -0.15) is 0 Å². The van der Waals surface area contributed by atoms with Gasteiger partial charge in [0.2, 0.25) is 0 Å². The van der Waals surface area contributed by atoms with Gasteiger partial charge in [-0.3, -0.25) is 0 Å². The summed E-state index contributed by atoms with van der Waals surface area (Å²) in [6.07, 6.45) is 2.06. The zero-order valence-electron chi connectivity index (χ0n) is 7.43. The molecule has 0 unspecified atom stereocenters. The van der Waals surface area contributed by atoms with E-state index in [2.05, 4.69) is 6.92 Å². The fraction of sp³-hybridized carbons (Fsp3) is 1.00. The third-order valence-corrected chi connectivity index (χ3v) is 3.02. The molecular formula is C7H18NO2Si. The monoisotopic (exact) mass is 176 g/mol. The van der Waals surface area contributed by atoms with Crippen LogP contribution in [0.3, 0.4) is 0 Å². The predicted octanol–water partition coefficient (Wildman–Crippen LogP) is 0.896. The fourth-order valence-electron chi connectivity index (χ4n) is 0.695. The normalized spacial score (nSPS) is 10.9. The van der Waals surface area contributed by atoms with E-state index in [9.17, 15) is 0 Å². The summed E-state index contributed by atoms with van der Waals surface area (Å²) in [5.74, 6) is 0. The molecule has 4 heteroatoms. The molecule has 0 aliphatic carbocycles. The van der Waals surface area contributed by atoms with Crippen LogP contribution in [0.5, 0.6) is 0 Å². The first-order chi connectivity index (χ1) is 5.35. The molecule has 3 nitrogen and oxygen atoms in total. The van der Waals surface area contributed by atoms with Crippen molar-refractivity contribution in [2.24, 2.45) is 5.73 Å². The van der Waals surface area contributed by atoms with E-state index in [0.717, 1.165) is 32.0 Å². The highest BCUT2D eigenvalue weighted by Crippen LogP contribution is 1.99. The summed E-state index contributed by atoms with van der Waals surface area (Å²) < 4.78 is 10.6. The Bertz CT molecular complexity index is 74.8. The van der Waals surface area contributed by atoms with Crippen molar-refractivity contribution in [1.82, 2.24) is 0 Å². The zero-order chi connectivity index (χ0) is 8.53. The molecule has 0 fully saturated rings. The Kier molecular flexibility index (Phi) is 8.27. The van der Waals surface area contributed by atoms with Gasteiger partial charge in [0, 0.05) is 13.7 Å². The third kappa shape index (κ3) is 6.49. The first kappa shape index (κ1) is 11.1. The molecule has 0 amide bonds. The number of hydrogen-bond donors (Lipinski definition) is 1. The van der Waals surface area contributed by atoms with Gasteiger partial charge in [-0.25, -0.2) is 0 Å². The van der Waals surface area contributed by atoms with Crippen LogP contribution in [0.25, 0.3) is 0 Å². The highest BCUT2D eigenvalue weighted by atomic mass is 28.3. The Labute approximate surface area is 70.7 Å². The van der Waals surface area contributed by atoms with Crippen molar-refractivity contribution < 1.29 is 8.85 Å². The lowest BCUT2D eigenvalue weighted by Crippen LogP contribution is -2.22. The molecule has 67 valence electrons. The minimum Gasteiger partial charge on any atom is -0.397 e. The maximum atomic E-state index is 5.47. The van der Waals surface area contributed by atoms with Crippen molar-refractivity contribution in [3.05, 3.63) is 0 Å². The van der Waals surface area contributed by atoms with Crippen LogP contribution in [0, 0.1) is 0 Å². The van der Waals surface area contributed by atoms with E-state index in [4.69, 9.17) is 14.6 Å².